The zero-order valence-corrected chi connectivity index (χ0v) is 14.2. The summed E-state index contributed by atoms with van der Waals surface area (Å²) in [5.41, 5.74) is 0. The van der Waals surface area contributed by atoms with Crippen LogP contribution in [0, 0.1) is 0 Å². The molecule has 0 saturated carbocycles. The molecule has 1 rings (SSSR count). The zero-order valence-electron chi connectivity index (χ0n) is 14.2. The van der Waals surface area contributed by atoms with Crippen LogP contribution in [0.1, 0.15) is 90.9 Å². The summed E-state index contributed by atoms with van der Waals surface area (Å²) in [6.45, 7) is 4.93. The van der Waals surface area contributed by atoms with Gasteiger partial charge in [0.1, 0.15) is 0 Å². The van der Waals surface area contributed by atoms with Crippen LogP contribution in [0.5, 0.6) is 0 Å². The molecule has 126 valence electrons. The molecule has 0 bridgehead atoms. The molecule has 3 atom stereocenters. The van der Waals surface area contributed by atoms with Crippen LogP contribution in [-0.4, -0.2) is 30.2 Å². The van der Waals surface area contributed by atoms with Crippen molar-refractivity contribution >= 4 is 0 Å². The molecule has 0 radical (unpaired) electrons. The molecule has 1 aliphatic heterocycles. The summed E-state index contributed by atoms with van der Waals surface area (Å²) in [6.07, 6.45) is 14.0. The van der Waals surface area contributed by atoms with E-state index < -0.39 is 0 Å². The van der Waals surface area contributed by atoms with Gasteiger partial charge in [0.05, 0.1) is 12.2 Å². The van der Waals surface area contributed by atoms with Gasteiger partial charge < -0.3 is 14.6 Å². The Labute approximate surface area is 131 Å². The van der Waals surface area contributed by atoms with Gasteiger partial charge in [-0.25, -0.2) is 0 Å². The van der Waals surface area contributed by atoms with Crippen LogP contribution in [0.4, 0.5) is 0 Å². The molecule has 1 N–H and O–H groups in total. The van der Waals surface area contributed by atoms with Crippen LogP contribution in [-0.2, 0) is 9.47 Å². The SMILES string of the molecule is CCCCCCCCCC[C@H](O)[C@H]1CCCC(OCC)O1. The lowest BCUT2D eigenvalue weighted by Crippen LogP contribution is -2.37. The highest BCUT2D eigenvalue weighted by molar-refractivity contribution is 4.74. The van der Waals surface area contributed by atoms with Gasteiger partial charge >= 0.3 is 0 Å². The molecule has 0 aromatic rings. The zero-order chi connectivity index (χ0) is 15.3. The van der Waals surface area contributed by atoms with E-state index in [1.54, 1.807) is 0 Å². The second-order valence-corrected chi connectivity index (χ2v) is 6.32. The number of hydrogen-bond donors (Lipinski definition) is 1. The fraction of sp³-hybridized carbons (Fsp3) is 1.00. The third-order valence-corrected chi connectivity index (χ3v) is 4.39. The highest BCUT2D eigenvalue weighted by Crippen LogP contribution is 2.24. The molecular weight excluding hydrogens is 264 g/mol. The van der Waals surface area contributed by atoms with Gasteiger partial charge in [0.2, 0.25) is 0 Å². The van der Waals surface area contributed by atoms with Gasteiger partial charge in [-0.05, 0) is 32.6 Å². The van der Waals surface area contributed by atoms with Crippen molar-refractivity contribution in [3.8, 4) is 0 Å². The lowest BCUT2D eigenvalue weighted by Gasteiger charge is -2.32. The third-order valence-electron chi connectivity index (χ3n) is 4.39. The molecule has 0 amide bonds. The summed E-state index contributed by atoms with van der Waals surface area (Å²) in [6, 6.07) is 0. The van der Waals surface area contributed by atoms with Crippen molar-refractivity contribution in [2.75, 3.05) is 6.61 Å². The molecular formula is C18H36O3. The lowest BCUT2D eigenvalue weighted by atomic mass is 9.98. The Balaban J connectivity index is 2.01. The van der Waals surface area contributed by atoms with E-state index in [0.29, 0.717) is 6.61 Å². The van der Waals surface area contributed by atoms with Crippen LogP contribution in [0.15, 0.2) is 0 Å². The first kappa shape index (κ1) is 18.9. The Morgan fingerprint density at radius 1 is 1.00 bits per heavy atom. The lowest BCUT2D eigenvalue weighted by molar-refractivity contribution is -0.213. The van der Waals surface area contributed by atoms with Crippen LogP contribution >= 0.6 is 0 Å². The van der Waals surface area contributed by atoms with Gasteiger partial charge in [0, 0.05) is 6.61 Å². The maximum absolute atomic E-state index is 10.3. The van der Waals surface area contributed by atoms with Crippen LogP contribution in [0.2, 0.25) is 0 Å². The van der Waals surface area contributed by atoms with Crippen molar-refractivity contribution in [1.29, 1.82) is 0 Å². The minimum atomic E-state index is -0.312. The summed E-state index contributed by atoms with van der Waals surface area (Å²) >= 11 is 0. The van der Waals surface area contributed by atoms with E-state index in [1.165, 1.54) is 44.9 Å². The predicted octanol–water partition coefficient (Wildman–Crippen LogP) is 4.81. The van der Waals surface area contributed by atoms with Crippen molar-refractivity contribution in [2.24, 2.45) is 0 Å². The normalized spacial score (nSPS) is 24.1. The second kappa shape index (κ2) is 12.4. The Kier molecular flexibility index (Phi) is 11.2. The minimum absolute atomic E-state index is 0.0140. The summed E-state index contributed by atoms with van der Waals surface area (Å²) in [4.78, 5) is 0. The quantitative estimate of drug-likeness (QED) is 0.526. The van der Waals surface area contributed by atoms with E-state index in [-0.39, 0.29) is 18.5 Å². The highest BCUT2D eigenvalue weighted by atomic mass is 16.7. The maximum Gasteiger partial charge on any atom is 0.158 e. The molecule has 1 saturated heterocycles. The average Bonchev–Trinajstić information content (AvgIpc) is 2.50. The Morgan fingerprint density at radius 2 is 1.67 bits per heavy atom. The molecule has 0 aromatic carbocycles. The van der Waals surface area contributed by atoms with Crippen molar-refractivity contribution in [1.82, 2.24) is 0 Å². The molecule has 3 heteroatoms. The van der Waals surface area contributed by atoms with Gasteiger partial charge in [0.15, 0.2) is 6.29 Å². The molecule has 1 unspecified atom stereocenters. The van der Waals surface area contributed by atoms with Gasteiger partial charge in [-0.2, -0.15) is 0 Å². The number of rotatable bonds is 12. The number of aliphatic hydroxyl groups is 1. The van der Waals surface area contributed by atoms with E-state index in [4.69, 9.17) is 9.47 Å². The van der Waals surface area contributed by atoms with Crippen molar-refractivity contribution in [2.45, 2.75) is 109 Å². The topological polar surface area (TPSA) is 38.7 Å². The number of hydrogen-bond acceptors (Lipinski definition) is 3. The Morgan fingerprint density at radius 3 is 2.33 bits per heavy atom. The first-order valence-corrected chi connectivity index (χ1v) is 9.23. The van der Waals surface area contributed by atoms with Crippen LogP contribution in [0.25, 0.3) is 0 Å². The number of ether oxygens (including phenoxy) is 2. The smallest absolute Gasteiger partial charge is 0.158 e. The molecule has 0 aliphatic carbocycles. The van der Waals surface area contributed by atoms with Crippen LogP contribution in [0.3, 0.4) is 0 Å². The summed E-state index contributed by atoms with van der Waals surface area (Å²) in [5, 5.41) is 10.3. The predicted molar refractivity (Wildman–Crippen MR) is 87.4 cm³/mol. The van der Waals surface area contributed by atoms with Gasteiger partial charge in [-0.1, -0.05) is 58.3 Å². The minimum Gasteiger partial charge on any atom is -0.390 e. The van der Waals surface area contributed by atoms with Crippen LogP contribution < -0.4 is 0 Å². The second-order valence-electron chi connectivity index (χ2n) is 6.32. The van der Waals surface area contributed by atoms with E-state index in [0.717, 1.165) is 32.1 Å². The molecule has 0 spiro atoms. The summed E-state index contributed by atoms with van der Waals surface area (Å²) < 4.78 is 11.4. The van der Waals surface area contributed by atoms with Gasteiger partial charge in [-0.3, -0.25) is 0 Å². The largest absolute Gasteiger partial charge is 0.390 e. The van der Waals surface area contributed by atoms with Crippen molar-refractivity contribution in [3.05, 3.63) is 0 Å². The van der Waals surface area contributed by atoms with Crippen molar-refractivity contribution in [3.63, 3.8) is 0 Å². The van der Waals surface area contributed by atoms with Gasteiger partial charge in [-0.15, -0.1) is 0 Å². The Hall–Kier alpha value is -0.120. The fourth-order valence-corrected chi connectivity index (χ4v) is 3.08. The van der Waals surface area contributed by atoms with E-state index >= 15 is 0 Å². The molecule has 1 heterocycles. The number of unbranched alkanes of at least 4 members (excludes halogenated alkanes) is 7. The number of aliphatic hydroxyl groups excluding tert-OH is 1. The first-order chi connectivity index (χ1) is 10.3. The first-order valence-electron chi connectivity index (χ1n) is 9.23. The molecule has 1 fully saturated rings. The van der Waals surface area contributed by atoms with Gasteiger partial charge in [0.25, 0.3) is 0 Å². The molecule has 3 nitrogen and oxygen atoms in total. The third kappa shape index (κ3) is 8.80. The monoisotopic (exact) mass is 300 g/mol. The van der Waals surface area contributed by atoms with E-state index in [2.05, 4.69) is 6.92 Å². The Bertz CT molecular complexity index is 231. The maximum atomic E-state index is 10.3. The van der Waals surface area contributed by atoms with E-state index in [1.807, 2.05) is 6.92 Å². The average molecular weight is 300 g/mol. The molecule has 21 heavy (non-hydrogen) atoms. The summed E-state index contributed by atoms with van der Waals surface area (Å²) in [7, 11) is 0. The molecule has 1 aliphatic rings. The summed E-state index contributed by atoms with van der Waals surface area (Å²) in [5.74, 6) is 0. The van der Waals surface area contributed by atoms with Crippen molar-refractivity contribution < 1.29 is 14.6 Å². The fourth-order valence-electron chi connectivity index (χ4n) is 3.08. The standard InChI is InChI=1S/C18H36O3/c1-3-5-6-7-8-9-10-11-13-16(19)17-14-12-15-18(21-17)20-4-2/h16-19H,3-15H2,1-2H3/t16-,17+,18?/m0/s1. The van der Waals surface area contributed by atoms with E-state index in [9.17, 15) is 5.11 Å². The highest BCUT2D eigenvalue weighted by Gasteiger charge is 2.27. The molecule has 0 aromatic heterocycles.